The van der Waals surface area contributed by atoms with Crippen LogP contribution in [-0.4, -0.2) is 111 Å². The summed E-state index contributed by atoms with van der Waals surface area (Å²) in [7, 11) is -4.41. The molecule has 3 aliphatic rings. The number of nitrogens with two attached hydrogens (primary N) is 2. The number of alkyl halides is 1. The standard InChI is InChI=1S/C22H29B2FN10O10P2/c1-22-4-41-47(24,38)44-13-12(39-2)8(42-20(13)35-7-31-11-17(35)32-21(27)33-18(11)36)3-40-46(23,37)45-14(22)9(25)19(43-22)34-6-30-10-15(26)28-5-29-16(10)34/h5-9,12-14,19-20H,3-4,23-24H2,1-2H3,(H2,26,28,29)(H3,27,32,33,36)/t8?,9?,12?,13?,14?,19?,20?,22?,46-,47-/m1/s1. The molecule has 47 heavy (non-hydrogen) atoms. The van der Waals surface area contributed by atoms with Crippen LogP contribution in [0.4, 0.5) is 16.2 Å². The van der Waals surface area contributed by atoms with E-state index in [-0.39, 0.29) is 34.1 Å². The Bertz CT molecular complexity index is 2020. The molecule has 7 rings (SSSR count). The van der Waals surface area contributed by atoms with E-state index in [1.165, 1.54) is 57.3 Å². The molecule has 250 valence electrons. The van der Waals surface area contributed by atoms with E-state index >= 15 is 4.39 Å². The van der Waals surface area contributed by atoms with Crippen LogP contribution in [0.2, 0.25) is 0 Å². The number of methoxy groups -OCH3 is 1. The summed E-state index contributed by atoms with van der Waals surface area (Å²) in [6.07, 6.45) is -5.52. The fourth-order valence-electron chi connectivity index (χ4n) is 5.98. The molecule has 0 amide bonds. The topological polar surface area (TPSA) is 258 Å². The third-order valence-corrected chi connectivity index (χ3v) is 10.6. The fraction of sp³-hybridized carbons (Fsp3) is 0.545. The largest absolute Gasteiger partial charge is 0.382 e. The number of imidazole rings is 2. The van der Waals surface area contributed by atoms with Gasteiger partial charge in [0.2, 0.25) is 5.95 Å². The van der Waals surface area contributed by atoms with Crippen molar-refractivity contribution in [2.45, 2.75) is 55.6 Å². The highest BCUT2D eigenvalue weighted by Gasteiger charge is 2.58. The molecular weight excluding hydrogens is 667 g/mol. The zero-order valence-corrected chi connectivity index (χ0v) is 27.1. The number of anilines is 2. The van der Waals surface area contributed by atoms with E-state index in [1.54, 1.807) is 0 Å². The zero-order chi connectivity index (χ0) is 33.5. The van der Waals surface area contributed by atoms with Crippen LogP contribution in [0, 0.1) is 0 Å². The second-order valence-corrected chi connectivity index (χ2v) is 15.6. The van der Waals surface area contributed by atoms with Crippen LogP contribution in [0.25, 0.3) is 22.3 Å². The first-order chi connectivity index (χ1) is 22.2. The Morgan fingerprint density at radius 2 is 1.74 bits per heavy atom. The lowest BCUT2D eigenvalue weighted by molar-refractivity contribution is -0.110. The Kier molecular flexibility index (Phi) is 7.85. The van der Waals surface area contributed by atoms with E-state index in [0.717, 1.165) is 0 Å². The molecule has 25 heteroatoms. The number of ether oxygens (including phenoxy) is 3. The minimum atomic E-state index is -4.08. The molecule has 4 aromatic heterocycles. The summed E-state index contributed by atoms with van der Waals surface area (Å²) in [5, 5.41) is 0. The van der Waals surface area contributed by atoms with Gasteiger partial charge in [-0.2, -0.15) is 4.98 Å². The van der Waals surface area contributed by atoms with E-state index in [9.17, 15) is 13.9 Å². The number of aromatic amines is 1. The summed E-state index contributed by atoms with van der Waals surface area (Å²) < 4.78 is 88.3. The minimum Gasteiger partial charge on any atom is -0.382 e. The Hall–Kier alpha value is -3.26. The first kappa shape index (κ1) is 32.3. The number of halogens is 1. The van der Waals surface area contributed by atoms with E-state index in [4.69, 9.17) is 43.8 Å². The summed E-state index contributed by atoms with van der Waals surface area (Å²) in [6, 6.07) is 0. The quantitative estimate of drug-likeness (QED) is 0.171. The number of rotatable bonds is 3. The van der Waals surface area contributed by atoms with Crippen molar-refractivity contribution in [1.29, 1.82) is 0 Å². The number of nitrogens with zero attached hydrogens (tertiary/aromatic N) is 7. The number of fused-ring (bicyclic) bond motifs is 5. The number of nitrogen functional groups attached to an aromatic ring is 2. The second-order valence-electron chi connectivity index (χ2n) is 11.6. The van der Waals surface area contributed by atoms with Gasteiger partial charge in [-0.15, -0.1) is 0 Å². The maximum absolute atomic E-state index is 16.4. The fourth-order valence-corrected chi connectivity index (χ4v) is 8.43. The summed E-state index contributed by atoms with van der Waals surface area (Å²) >= 11 is 0. The van der Waals surface area contributed by atoms with Crippen LogP contribution in [0.1, 0.15) is 19.4 Å². The van der Waals surface area contributed by atoms with E-state index in [0.29, 0.717) is 0 Å². The average Bonchev–Trinajstić information content (AvgIpc) is 3.75. The van der Waals surface area contributed by atoms with Crippen LogP contribution in [0.3, 0.4) is 0 Å². The molecule has 4 aromatic rings. The maximum atomic E-state index is 16.4. The van der Waals surface area contributed by atoms with Gasteiger partial charge in [0, 0.05) is 7.11 Å². The normalized spacial score (nSPS) is 38.1. The highest BCUT2D eigenvalue weighted by molar-refractivity contribution is 7.79. The predicted octanol–water partition coefficient (Wildman–Crippen LogP) is -1.04. The van der Waals surface area contributed by atoms with Crippen molar-refractivity contribution in [2.24, 2.45) is 0 Å². The van der Waals surface area contributed by atoms with Gasteiger partial charge in [0.25, 0.3) is 35.6 Å². The van der Waals surface area contributed by atoms with E-state index < -0.39 is 82.4 Å². The molecule has 7 heterocycles. The summed E-state index contributed by atoms with van der Waals surface area (Å²) in [5.74, 6) is -0.104. The Morgan fingerprint density at radius 1 is 1.04 bits per heavy atom. The molecule has 8 unspecified atom stereocenters. The van der Waals surface area contributed by atoms with Gasteiger partial charge < -0.3 is 43.8 Å². The van der Waals surface area contributed by atoms with Gasteiger partial charge in [0.1, 0.15) is 41.9 Å². The van der Waals surface area contributed by atoms with Crippen molar-refractivity contribution in [3.8, 4) is 0 Å². The molecule has 3 aliphatic heterocycles. The number of hydrogen-bond donors (Lipinski definition) is 3. The van der Waals surface area contributed by atoms with Crippen molar-refractivity contribution in [2.75, 3.05) is 31.8 Å². The Labute approximate surface area is 265 Å². The zero-order valence-electron chi connectivity index (χ0n) is 25.3. The molecule has 0 spiro atoms. The molecule has 3 saturated heterocycles. The van der Waals surface area contributed by atoms with Gasteiger partial charge in [0.05, 0.1) is 25.9 Å². The number of H-pyrrole nitrogens is 1. The molecule has 3 fully saturated rings. The molecule has 0 aromatic carbocycles. The third kappa shape index (κ3) is 5.58. The molecule has 5 N–H and O–H groups in total. The summed E-state index contributed by atoms with van der Waals surface area (Å²) in [5.41, 5.74) is 9.79. The number of hydrogen-bond acceptors (Lipinski definition) is 17. The molecule has 0 saturated carbocycles. The van der Waals surface area contributed by atoms with Crippen LogP contribution >= 0.6 is 14.9 Å². The van der Waals surface area contributed by atoms with Gasteiger partial charge in [-0.1, -0.05) is 0 Å². The van der Waals surface area contributed by atoms with Crippen LogP contribution in [0.15, 0.2) is 23.8 Å². The average molecular weight is 696 g/mol. The lowest BCUT2D eigenvalue weighted by Crippen LogP contribution is -2.44. The van der Waals surface area contributed by atoms with E-state index in [1.807, 2.05) is 0 Å². The Balaban J connectivity index is 1.24. The van der Waals surface area contributed by atoms with Gasteiger partial charge >= 0.3 is 0 Å². The van der Waals surface area contributed by atoms with Crippen molar-refractivity contribution < 1.29 is 45.8 Å². The highest BCUT2D eigenvalue weighted by Crippen LogP contribution is 2.56. The number of aromatic nitrogens is 8. The summed E-state index contributed by atoms with van der Waals surface area (Å²) in [4.78, 5) is 35.3. The molecule has 10 atom stereocenters. The van der Waals surface area contributed by atoms with Crippen molar-refractivity contribution in [3.63, 3.8) is 0 Å². The second kappa shape index (κ2) is 11.4. The monoisotopic (exact) mass is 696 g/mol. The molecule has 2 bridgehead atoms. The molecular formula is C22H29B2FN10O10P2. The summed E-state index contributed by atoms with van der Waals surface area (Å²) in [6.45, 7) is 0.508. The smallest absolute Gasteiger partial charge is 0.280 e. The first-order valence-electron chi connectivity index (χ1n) is 14.2. The lowest BCUT2D eigenvalue weighted by atomic mass is 9.99. The van der Waals surface area contributed by atoms with Crippen molar-refractivity contribution in [1.82, 2.24) is 39.0 Å². The van der Waals surface area contributed by atoms with Crippen LogP contribution < -0.4 is 17.0 Å². The third-order valence-electron chi connectivity index (χ3n) is 8.17. The van der Waals surface area contributed by atoms with E-state index in [2.05, 4.69) is 29.9 Å². The lowest BCUT2D eigenvalue weighted by Gasteiger charge is -2.33. The predicted molar refractivity (Wildman–Crippen MR) is 164 cm³/mol. The minimum absolute atomic E-state index is 0.0421. The number of nitrogens with one attached hydrogen (secondary N) is 1. The Morgan fingerprint density at radius 3 is 2.49 bits per heavy atom. The maximum Gasteiger partial charge on any atom is 0.280 e. The molecule has 20 nitrogen and oxygen atoms in total. The molecule has 0 aliphatic carbocycles. The van der Waals surface area contributed by atoms with Crippen LogP contribution in [0.5, 0.6) is 0 Å². The van der Waals surface area contributed by atoms with Crippen LogP contribution in [-0.2, 0) is 41.4 Å². The molecule has 0 radical (unpaired) electrons. The van der Waals surface area contributed by atoms with Gasteiger partial charge in [-0.05, 0) is 6.92 Å². The van der Waals surface area contributed by atoms with Gasteiger partial charge in [-0.25, -0.2) is 24.3 Å². The highest BCUT2D eigenvalue weighted by atomic mass is 31.2. The van der Waals surface area contributed by atoms with Gasteiger partial charge in [0.15, 0.2) is 41.3 Å². The SMILES string of the molecule is B[P@@]1(=O)OCC2(C)OC(n3cnc4c(N)ncnc43)C(F)C2O[P@](B)(=O)OCC2OC(n3cnc4c(=O)[nH]c(N)nc43)C(O1)C2OC. The van der Waals surface area contributed by atoms with Crippen molar-refractivity contribution in [3.05, 3.63) is 29.3 Å². The van der Waals surface area contributed by atoms with Crippen molar-refractivity contribution >= 4 is 64.2 Å². The van der Waals surface area contributed by atoms with Gasteiger partial charge in [-0.3, -0.25) is 28.0 Å². The first-order valence-corrected chi connectivity index (χ1v) is 18.1.